The molecule has 40 heavy (non-hydrogen) atoms. The Labute approximate surface area is 264 Å². The molecule has 0 radical (unpaired) electrons. The minimum atomic E-state index is -4.84. The van der Waals surface area contributed by atoms with E-state index in [0.29, 0.717) is 0 Å². The van der Waals surface area contributed by atoms with E-state index in [1.807, 2.05) is 30.3 Å². The van der Waals surface area contributed by atoms with Gasteiger partial charge in [0.05, 0.1) is 6.42 Å². The summed E-state index contributed by atoms with van der Waals surface area (Å²) in [5, 5.41) is 13.9. The first-order chi connectivity index (χ1) is 18.6. The van der Waals surface area contributed by atoms with Crippen molar-refractivity contribution >= 4 is 22.1 Å². The molecule has 3 N–H and O–H groups in total. The van der Waals surface area contributed by atoms with Gasteiger partial charge < -0.3 is 21.9 Å². The number of hydrogen-bond acceptors (Lipinski definition) is 5. The van der Waals surface area contributed by atoms with E-state index in [1.54, 1.807) is 0 Å². The van der Waals surface area contributed by atoms with Crippen LogP contribution in [-0.2, 0) is 19.7 Å². The maximum Gasteiger partial charge on any atom is 1.00 e. The van der Waals surface area contributed by atoms with Crippen molar-refractivity contribution in [3.8, 4) is 5.75 Å². The van der Waals surface area contributed by atoms with Gasteiger partial charge in [0.25, 0.3) is 10.1 Å². The number of benzene rings is 1. The quantitative estimate of drug-likeness (QED) is 0.0716. The summed E-state index contributed by atoms with van der Waals surface area (Å²) < 4.78 is 34.5. The topological polar surface area (TPSA) is 138 Å². The van der Waals surface area contributed by atoms with Gasteiger partial charge in [0, 0.05) is 0 Å². The van der Waals surface area contributed by atoms with Crippen LogP contribution in [0.25, 0.3) is 0 Å². The Morgan fingerprint density at radius 1 is 0.775 bits per heavy atom. The van der Waals surface area contributed by atoms with Crippen LogP contribution in [0.1, 0.15) is 122 Å². The first kappa shape index (κ1) is 41.0. The fourth-order valence-corrected chi connectivity index (χ4v) is 4.76. The van der Waals surface area contributed by atoms with Gasteiger partial charge in [0.15, 0.2) is 5.25 Å². The van der Waals surface area contributed by atoms with Crippen LogP contribution in [-0.4, -0.2) is 46.5 Å². The SMILES string of the molecule is O=C(O)CC(C(=O)O)S(=O)(=O)O.[CH2-]C(CCCCCCCCCCCCCCCCCC)Oc1ccccc1.[Na+]. The third-order valence-electron chi connectivity index (χ3n) is 6.42. The van der Waals surface area contributed by atoms with E-state index in [4.69, 9.17) is 19.5 Å². The average Bonchev–Trinajstić information content (AvgIpc) is 2.87. The molecular weight excluding hydrogens is 543 g/mol. The maximum absolute atomic E-state index is 10.2. The Morgan fingerprint density at radius 2 is 1.18 bits per heavy atom. The second-order valence-corrected chi connectivity index (χ2v) is 11.7. The molecule has 0 heterocycles. The van der Waals surface area contributed by atoms with E-state index in [-0.39, 0.29) is 35.7 Å². The number of para-hydroxylation sites is 1. The largest absolute Gasteiger partial charge is 1.00 e. The zero-order valence-corrected chi connectivity index (χ0v) is 27.6. The van der Waals surface area contributed by atoms with Crippen molar-refractivity contribution in [1.82, 2.24) is 0 Å². The van der Waals surface area contributed by atoms with Gasteiger partial charge >= 0.3 is 41.5 Å². The third-order valence-corrected chi connectivity index (χ3v) is 7.51. The summed E-state index contributed by atoms with van der Waals surface area (Å²) in [6.45, 7) is 6.41. The summed E-state index contributed by atoms with van der Waals surface area (Å²) in [6, 6.07) is 10.0. The minimum absolute atomic E-state index is 0. The van der Waals surface area contributed by atoms with Crippen molar-refractivity contribution < 1.29 is 67.1 Å². The molecule has 10 heteroatoms. The molecule has 0 fully saturated rings. The fourth-order valence-electron chi connectivity index (χ4n) is 4.15. The zero-order valence-electron chi connectivity index (χ0n) is 24.8. The number of carboxylic acids is 2. The van der Waals surface area contributed by atoms with Crippen molar-refractivity contribution in [2.75, 3.05) is 0 Å². The van der Waals surface area contributed by atoms with Gasteiger partial charge in [-0.15, -0.1) is 0 Å². The number of hydrogen-bond donors (Lipinski definition) is 3. The van der Waals surface area contributed by atoms with Gasteiger partial charge in [-0.05, 0) is 24.7 Å². The molecule has 226 valence electrons. The van der Waals surface area contributed by atoms with E-state index in [1.165, 1.54) is 103 Å². The van der Waals surface area contributed by atoms with E-state index >= 15 is 0 Å². The molecular formula is C30H51NaO8S. The number of ether oxygens (including phenoxy) is 1. The summed E-state index contributed by atoms with van der Waals surface area (Å²) in [5.74, 6) is -2.56. The van der Waals surface area contributed by atoms with Gasteiger partial charge in [-0.1, -0.05) is 128 Å². The van der Waals surface area contributed by atoms with Crippen LogP contribution in [0.15, 0.2) is 30.3 Å². The number of rotatable bonds is 23. The van der Waals surface area contributed by atoms with E-state index < -0.39 is 33.7 Å². The third kappa shape index (κ3) is 25.8. The van der Waals surface area contributed by atoms with Crippen LogP contribution < -0.4 is 34.3 Å². The normalized spacial score (nSPS) is 12.4. The molecule has 0 spiro atoms. The molecule has 2 atom stereocenters. The Hall–Kier alpha value is -1.13. The van der Waals surface area contributed by atoms with Gasteiger partial charge in [-0.25, -0.2) is 0 Å². The molecule has 8 nitrogen and oxygen atoms in total. The number of carbonyl (C=O) groups is 2. The first-order valence-corrected chi connectivity index (χ1v) is 16.0. The summed E-state index contributed by atoms with van der Waals surface area (Å²) in [7, 11) is -4.84. The van der Waals surface area contributed by atoms with Crippen molar-refractivity contribution in [2.45, 2.75) is 134 Å². The Bertz CT molecular complexity index is 849. The van der Waals surface area contributed by atoms with Crippen LogP contribution in [0.4, 0.5) is 0 Å². The predicted molar refractivity (Wildman–Crippen MR) is 156 cm³/mol. The predicted octanol–water partition coefficient (Wildman–Crippen LogP) is 4.73. The van der Waals surface area contributed by atoms with E-state index in [2.05, 4.69) is 13.8 Å². The van der Waals surface area contributed by atoms with Crippen LogP contribution in [0.5, 0.6) is 5.75 Å². The molecule has 0 bridgehead atoms. The standard InChI is InChI=1S/C26H45O.C4H6O7S.Na/c1-3-4-5-6-7-8-9-10-11-12-13-14-15-16-17-19-22-25(2)27-26-23-20-18-21-24-26;5-3(6)1-2(4(7)8)12(9,10)11;/h18,20-21,23-25H,2-17,19,22H2,1H3;2H,1H2,(H,5,6)(H,7,8)(H,9,10,11);/q-1;;+1. The number of carboxylic acid groups (broad SMARTS) is 2. The summed E-state index contributed by atoms with van der Waals surface area (Å²) in [5.41, 5.74) is 0. The second-order valence-electron chi connectivity index (χ2n) is 10.1. The number of aliphatic carboxylic acids is 2. The van der Waals surface area contributed by atoms with Gasteiger partial charge in [-0.3, -0.25) is 14.1 Å². The molecule has 1 rings (SSSR count). The number of unbranched alkanes of at least 4 members (excludes halogenated alkanes) is 15. The summed E-state index contributed by atoms with van der Waals surface area (Å²) in [6.07, 6.45) is 22.6. The van der Waals surface area contributed by atoms with Crippen molar-refractivity contribution in [1.29, 1.82) is 0 Å². The monoisotopic (exact) mass is 594 g/mol. The minimum Gasteiger partial charge on any atom is -0.522 e. The molecule has 0 amide bonds. The van der Waals surface area contributed by atoms with Crippen LogP contribution >= 0.6 is 0 Å². The van der Waals surface area contributed by atoms with Crippen LogP contribution in [0.3, 0.4) is 0 Å². The van der Waals surface area contributed by atoms with E-state index in [9.17, 15) is 18.0 Å². The van der Waals surface area contributed by atoms with Gasteiger partial charge in [-0.2, -0.15) is 8.42 Å². The van der Waals surface area contributed by atoms with Crippen molar-refractivity contribution in [3.63, 3.8) is 0 Å². The van der Waals surface area contributed by atoms with Crippen LogP contribution in [0.2, 0.25) is 0 Å². The molecule has 0 aliphatic heterocycles. The summed E-state index contributed by atoms with van der Waals surface area (Å²) in [4.78, 5) is 20.0. The molecule has 0 aliphatic rings. The summed E-state index contributed by atoms with van der Waals surface area (Å²) >= 11 is 0. The maximum atomic E-state index is 10.2. The van der Waals surface area contributed by atoms with Crippen molar-refractivity contribution in [3.05, 3.63) is 37.3 Å². The molecule has 0 aliphatic carbocycles. The van der Waals surface area contributed by atoms with Gasteiger partial charge in [0.2, 0.25) is 0 Å². The van der Waals surface area contributed by atoms with Crippen molar-refractivity contribution in [2.24, 2.45) is 0 Å². The molecule has 0 aromatic heterocycles. The Balaban J connectivity index is 0. The molecule has 2 unspecified atom stereocenters. The van der Waals surface area contributed by atoms with Gasteiger partial charge in [0.1, 0.15) is 5.75 Å². The fraction of sp³-hybridized carbons (Fsp3) is 0.700. The second kappa shape index (κ2) is 26.7. The Morgan fingerprint density at radius 3 is 1.50 bits per heavy atom. The van der Waals surface area contributed by atoms with Crippen LogP contribution in [0, 0.1) is 6.92 Å². The smallest absolute Gasteiger partial charge is 0.522 e. The van der Waals surface area contributed by atoms with E-state index in [0.717, 1.165) is 12.2 Å². The molecule has 0 saturated heterocycles. The molecule has 1 aromatic rings. The molecule has 1 aromatic carbocycles. The Kier molecular flexibility index (Phi) is 27.4. The first-order valence-electron chi connectivity index (χ1n) is 14.5. The molecule has 0 saturated carbocycles. The average molecular weight is 595 g/mol. The zero-order chi connectivity index (χ0) is 29.4.